The minimum Gasteiger partial charge on any atom is -0.353 e. The zero-order chi connectivity index (χ0) is 16.8. The molecule has 1 heterocycles. The summed E-state index contributed by atoms with van der Waals surface area (Å²) < 4.78 is 0. The lowest BCUT2D eigenvalue weighted by Crippen LogP contribution is -2.46. The molecule has 2 rings (SSSR count). The molecule has 1 aromatic carbocycles. The fourth-order valence-corrected chi connectivity index (χ4v) is 2.92. The number of amides is 2. The summed E-state index contributed by atoms with van der Waals surface area (Å²) in [5, 5.41) is 2.87. The maximum absolute atomic E-state index is 12.7. The molecule has 0 aromatic heterocycles. The van der Waals surface area contributed by atoms with Gasteiger partial charge in [0, 0.05) is 18.3 Å². The molecule has 0 saturated carbocycles. The van der Waals surface area contributed by atoms with E-state index < -0.39 is 0 Å². The minimum absolute atomic E-state index is 0.0336. The molecule has 1 aliphatic rings. The Labute approximate surface area is 138 Å². The van der Waals surface area contributed by atoms with Crippen LogP contribution in [0.5, 0.6) is 0 Å². The van der Waals surface area contributed by atoms with Gasteiger partial charge >= 0.3 is 0 Å². The molecular formula is C18H27N3O2. The molecule has 1 N–H and O–H groups in total. The van der Waals surface area contributed by atoms with Crippen LogP contribution in [0, 0.1) is 0 Å². The summed E-state index contributed by atoms with van der Waals surface area (Å²) in [7, 11) is 0. The van der Waals surface area contributed by atoms with Gasteiger partial charge in [-0.05, 0) is 44.9 Å². The van der Waals surface area contributed by atoms with Crippen LogP contribution >= 0.6 is 0 Å². The Morgan fingerprint density at radius 1 is 1.26 bits per heavy atom. The zero-order valence-electron chi connectivity index (χ0n) is 14.3. The Bertz CT molecular complexity index is 557. The molecule has 0 saturated heterocycles. The van der Waals surface area contributed by atoms with Gasteiger partial charge in [-0.1, -0.05) is 25.1 Å². The number of nitrogens with one attached hydrogen (secondary N) is 1. The topological polar surface area (TPSA) is 52.7 Å². The molecule has 0 aliphatic carbocycles. The third-order valence-corrected chi connectivity index (χ3v) is 4.03. The monoisotopic (exact) mass is 317 g/mol. The van der Waals surface area contributed by atoms with Crippen LogP contribution in [-0.4, -0.2) is 48.9 Å². The van der Waals surface area contributed by atoms with Crippen molar-refractivity contribution in [1.82, 2.24) is 10.2 Å². The van der Waals surface area contributed by atoms with Gasteiger partial charge < -0.3 is 10.2 Å². The second-order valence-corrected chi connectivity index (χ2v) is 6.30. The molecule has 2 amide bonds. The number of benzene rings is 1. The Kier molecular flexibility index (Phi) is 6.16. The third kappa shape index (κ3) is 4.79. The maximum Gasteiger partial charge on any atom is 0.241 e. The van der Waals surface area contributed by atoms with Gasteiger partial charge in [-0.3, -0.25) is 14.5 Å². The Balaban J connectivity index is 1.99. The highest BCUT2D eigenvalue weighted by atomic mass is 16.2. The van der Waals surface area contributed by atoms with Crippen molar-refractivity contribution in [3.05, 3.63) is 29.8 Å². The van der Waals surface area contributed by atoms with E-state index in [1.165, 1.54) is 5.56 Å². The lowest BCUT2D eigenvalue weighted by Gasteiger charge is -2.31. The molecule has 0 unspecified atom stereocenters. The second kappa shape index (κ2) is 8.11. The summed E-state index contributed by atoms with van der Waals surface area (Å²) in [4.78, 5) is 28.3. The normalized spacial score (nSPS) is 14.0. The van der Waals surface area contributed by atoms with Crippen LogP contribution in [-0.2, 0) is 16.0 Å². The van der Waals surface area contributed by atoms with Crippen LogP contribution in [0.25, 0.3) is 0 Å². The number of nitrogens with zero attached hydrogens (tertiary/aromatic N) is 2. The highest BCUT2D eigenvalue weighted by molar-refractivity contribution is 5.96. The molecule has 5 heteroatoms. The summed E-state index contributed by atoms with van der Waals surface area (Å²) in [6.07, 6.45) is 2.01. The van der Waals surface area contributed by atoms with Crippen LogP contribution < -0.4 is 10.2 Å². The number of rotatable bonds is 6. The SMILES string of the molecule is CCN(CC(=O)NC(C)C)CC(=O)N1CCCc2ccccc21. The van der Waals surface area contributed by atoms with E-state index in [0.717, 1.165) is 25.1 Å². The van der Waals surface area contributed by atoms with E-state index in [0.29, 0.717) is 6.54 Å². The first-order chi connectivity index (χ1) is 11.0. The van der Waals surface area contributed by atoms with Crippen LogP contribution in [0.4, 0.5) is 5.69 Å². The van der Waals surface area contributed by atoms with Crippen molar-refractivity contribution in [2.45, 2.75) is 39.7 Å². The van der Waals surface area contributed by atoms with Crippen molar-refractivity contribution >= 4 is 17.5 Å². The Morgan fingerprint density at radius 2 is 2.00 bits per heavy atom. The summed E-state index contributed by atoms with van der Waals surface area (Å²) in [5.74, 6) is 0.0324. The molecule has 0 fully saturated rings. The fourth-order valence-electron chi connectivity index (χ4n) is 2.92. The summed E-state index contributed by atoms with van der Waals surface area (Å²) in [6.45, 7) is 7.80. The Hall–Kier alpha value is -1.88. The van der Waals surface area contributed by atoms with Gasteiger partial charge in [0.1, 0.15) is 0 Å². The number of likely N-dealkylation sites (N-methyl/N-ethyl adjacent to an activating group) is 1. The molecule has 23 heavy (non-hydrogen) atoms. The van der Waals surface area contributed by atoms with Crippen molar-refractivity contribution in [2.24, 2.45) is 0 Å². The molecule has 0 atom stereocenters. The summed E-state index contributed by atoms with van der Waals surface area (Å²) in [5.41, 5.74) is 2.25. The van der Waals surface area contributed by atoms with Crippen LogP contribution in [0.2, 0.25) is 0 Å². The van der Waals surface area contributed by atoms with Crippen molar-refractivity contribution in [1.29, 1.82) is 0 Å². The number of carbonyl (C=O) groups excluding carboxylic acids is 2. The molecule has 1 aromatic rings. The number of carbonyl (C=O) groups is 2. The molecule has 0 radical (unpaired) electrons. The number of hydrogen-bond donors (Lipinski definition) is 1. The lowest BCUT2D eigenvalue weighted by molar-refractivity contribution is -0.124. The molecular weight excluding hydrogens is 290 g/mol. The summed E-state index contributed by atoms with van der Waals surface area (Å²) in [6, 6.07) is 8.20. The quantitative estimate of drug-likeness (QED) is 0.870. The van der Waals surface area contributed by atoms with Crippen LogP contribution in [0.15, 0.2) is 24.3 Å². The average molecular weight is 317 g/mol. The molecule has 1 aliphatic heterocycles. The first kappa shape index (κ1) is 17.5. The standard InChI is InChI=1S/C18H27N3O2/c1-4-20(12-17(22)19-14(2)3)13-18(23)21-11-7-9-15-8-5-6-10-16(15)21/h5-6,8,10,14H,4,7,9,11-13H2,1-3H3,(H,19,22). The first-order valence-corrected chi connectivity index (χ1v) is 8.41. The zero-order valence-corrected chi connectivity index (χ0v) is 14.3. The van der Waals surface area contributed by atoms with Gasteiger partial charge in [-0.25, -0.2) is 0 Å². The van der Waals surface area contributed by atoms with E-state index in [-0.39, 0.29) is 30.9 Å². The molecule has 5 nitrogen and oxygen atoms in total. The van der Waals surface area contributed by atoms with Gasteiger partial charge in [0.2, 0.25) is 11.8 Å². The van der Waals surface area contributed by atoms with E-state index in [9.17, 15) is 9.59 Å². The second-order valence-electron chi connectivity index (χ2n) is 6.30. The van der Waals surface area contributed by atoms with E-state index >= 15 is 0 Å². The minimum atomic E-state index is -0.0336. The van der Waals surface area contributed by atoms with Crippen molar-refractivity contribution in [3.8, 4) is 0 Å². The third-order valence-electron chi connectivity index (χ3n) is 4.03. The smallest absolute Gasteiger partial charge is 0.241 e. The molecule has 0 spiro atoms. The predicted molar refractivity (Wildman–Crippen MR) is 92.5 cm³/mol. The van der Waals surface area contributed by atoms with E-state index in [1.54, 1.807) is 0 Å². The number of hydrogen-bond acceptors (Lipinski definition) is 3. The van der Waals surface area contributed by atoms with Gasteiger partial charge in [0.15, 0.2) is 0 Å². The number of para-hydroxylation sites is 1. The molecule has 0 bridgehead atoms. The highest BCUT2D eigenvalue weighted by Crippen LogP contribution is 2.26. The highest BCUT2D eigenvalue weighted by Gasteiger charge is 2.24. The van der Waals surface area contributed by atoms with Gasteiger partial charge in [0.25, 0.3) is 0 Å². The van der Waals surface area contributed by atoms with Crippen molar-refractivity contribution in [2.75, 3.05) is 31.1 Å². The van der Waals surface area contributed by atoms with Gasteiger partial charge in [0.05, 0.1) is 13.1 Å². The average Bonchev–Trinajstić information content (AvgIpc) is 2.52. The maximum atomic E-state index is 12.7. The van der Waals surface area contributed by atoms with Crippen molar-refractivity contribution in [3.63, 3.8) is 0 Å². The lowest BCUT2D eigenvalue weighted by atomic mass is 10.0. The first-order valence-electron chi connectivity index (χ1n) is 8.41. The van der Waals surface area contributed by atoms with E-state index in [2.05, 4.69) is 11.4 Å². The number of anilines is 1. The largest absolute Gasteiger partial charge is 0.353 e. The van der Waals surface area contributed by atoms with Crippen LogP contribution in [0.3, 0.4) is 0 Å². The van der Waals surface area contributed by atoms with Crippen molar-refractivity contribution < 1.29 is 9.59 Å². The van der Waals surface area contributed by atoms with E-state index in [1.807, 2.05) is 48.8 Å². The molecule has 126 valence electrons. The predicted octanol–water partition coefficient (Wildman–Crippen LogP) is 1.81. The Morgan fingerprint density at radius 3 is 2.70 bits per heavy atom. The van der Waals surface area contributed by atoms with E-state index in [4.69, 9.17) is 0 Å². The van der Waals surface area contributed by atoms with Gasteiger partial charge in [-0.15, -0.1) is 0 Å². The van der Waals surface area contributed by atoms with Gasteiger partial charge in [-0.2, -0.15) is 0 Å². The summed E-state index contributed by atoms with van der Waals surface area (Å²) >= 11 is 0. The number of fused-ring (bicyclic) bond motifs is 1. The fraction of sp³-hybridized carbons (Fsp3) is 0.556. The number of aryl methyl sites for hydroxylation is 1. The van der Waals surface area contributed by atoms with Crippen LogP contribution in [0.1, 0.15) is 32.8 Å².